The highest BCUT2D eigenvalue weighted by Crippen LogP contribution is 2.47. The van der Waals surface area contributed by atoms with Crippen LogP contribution in [-0.2, 0) is 11.2 Å². The molecule has 1 aromatic rings. The van der Waals surface area contributed by atoms with Gasteiger partial charge in [0, 0.05) is 31.0 Å². The number of nitrogens with two attached hydrogens (primary N) is 1. The summed E-state index contributed by atoms with van der Waals surface area (Å²) in [6.45, 7) is 4.70. The molecule has 21 heavy (non-hydrogen) atoms. The summed E-state index contributed by atoms with van der Waals surface area (Å²) in [4.78, 5) is 4.62. The number of aromatic nitrogens is 1. The van der Waals surface area contributed by atoms with Crippen molar-refractivity contribution in [1.82, 2.24) is 4.98 Å². The fourth-order valence-electron chi connectivity index (χ4n) is 4.18. The van der Waals surface area contributed by atoms with E-state index in [1.165, 1.54) is 24.1 Å². The molecule has 1 aromatic heterocycles. The van der Waals surface area contributed by atoms with Crippen LogP contribution in [0.4, 0.5) is 0 Å². The highest BCUT2D eigenvalue weighted by molar-refractivity contribution is 5.31. The van der Waals surface area contributed by atoms with Crippen LogP contribution >= 0.6 is 0 Å². The first-order valence-corrected chi connectivity index (χ1v) is 8.22. The molecule has 3 rings (SSSR count). The monoisotopic (exact) mass is 288 g/mol. The summed E-state index contributed by atoms with van der Waals surface area (Å²) in [6, 6.07) is 4.27. The number of fused-ring (bicyclic) bond motifs is 1. The van der Waals surface area contributed by atoms with Crippen LogP contribution in [0.2, 0.25) is 0 Å². The van der Waals surface area contributed by atoms with Crippen LogP contribution in [0.1, 0.15) is 63.1 Å². The van der Waals surface area contributed by atoms with Gasteiger partial charge in [0.25, 0.3) is 0 Å². The standard InChI is InChI=1S/C18H28N2O/c1-17(2)8-10-18(21-3,11-9-17)16(19)14-7-6-13-5-4-12-20-15(13)14/h4-5,12,14,16H,6-11,19H2,1-3H3. The molecule has 2 aliphatic carbocycles. The molecule has 1 fully saturated rings. The molecule has 116 valence electrons. The second-order valence-corrected chi connectivity index (χ2v) is 7.65. The van der Waals surface area contributed by atoms with Crippen molar-refractivity contribution in [2.45, 2.75) is 69.9 Å². The predicted octanol–water partition coefficient (Wildman–Crippen LogP) is 3.42. The van der Waals surface area contributed by atoms with E-state index < -0.39 is 0 Å². The average Bonchev–Trinajstić information content (AvgIpc) is 2.91. The van der Waals surface area contributed by atoms with Gasteiger partial charge in [0.1, 0.15) is 0 Å². The van der Waals surface area contributed by atoms with E-state index in [1.807, 2.05) is 19.4 Å². The molecule has 2 unspecified atom stereocenters. The van der Waals surface area contributed by atoms with Crippen molar-refractivity contribution >= 4 is 0 Å². The van der Waals surface area contributed by atoms with Gasteiger partial charge in [0.05, 0.1) is 5.60 Å². The summed E-state index contributed by atoms with van der Waals surface area (Å²) in [5.74, 6) is 0.349. The van der Waals surface area contributed by atoms with Crippen LogP contribution in [0, 0.1) is 5.41 Å². The van der Waals surface area contributed by atoms with Gasteiger partial charge >= 0.3 is 0 Å². The Bertz CT molecular complexity index is 502. The van der Waals surface area contributed by atoms with E-state index in [9.17, 15) is 0 Å². The molecule has 1 saturated carbocycles. The Balaban J connectivity index is 1.83. The average molecular weight is 288 g/mol. The Kier molecular flexibility index (Phi) is 3.83. The lowest BCUT2D eigenvalue weighted by Gasteiger charge is -2.47. The molecule has 0 saturated heterocycles. The number of hydrogen-bond donors (Lipinski definition) is 1. The van der Waals surface area contributed by atoms with E-state index in [-0.39, 0.29) is 11.6 Å². The lowest BCUT2D eigenvalue weighted by Crippen LogP contribution is -2.55. The quantitative estimate of drug-likeness (QED) is 0.927. The predicted molar refractivity (Wildman–Crippen MR) is 85.3 cm³/mol. The number of hydrogen-bond acceptors (Lipinski definition) is 3. The van der Waals surface area contributed by atoms with Gasteiger partial charge in [-0.05, 0) is 55.6 Å². The minimum atomic E-state index is -0.167. The molecule has 0 bridgehead atoms. The van der Waals surface area contributed by atoms with Crippen LogP contribution in [0.3, 0.4) is 0 Å². The highest BCUT2D eigenvalue weighted by Gasteiger charge is 2.47. The molecule has 2 atom stereocenters. The number of ether oxygens (including phenoxy) is 1. The summed E-state index contributed by atoms with van der Waals surface area (Å²) >= 11 is 0. The maximum Gasteiger partial charge on any atom is 0.0835 e. The highest BCUT2D eigenvalue weighted by atomic mass is 16.5. The molecule has 0 spiro atoms. The van der Waals surface area contributed by atoms with Gasteiger partial charge in [-0.3, -0.25) is 4.98 Å². The van der Waals surface area contributed by atoms with E-state index >= 15 is 0 Å². The molecule has 1 heterocycles. The number of pyridine rings is 1. The van der Waals surface area contributed by atoms with Gasteiger partial charge in [-0.1, -0.05) is 19.9 Å². The van der Waals surface area contributed by atoms with Crippen LogP contribution in [0.25, 0.3) is 0 Å². The first kappa shape index (κ1) is 15.0. The number of aryl methyl sites for hydroxylation is 1. The van der Waals surface area contributed by atoms with Crippen molar-refractivity contribution in [1.29, 1.82) is 0 Å². The van der Waals surface area contributed by atoms with Gasteiger partial charge in [-0.2, -0.15) is 0 Å². The molecule has 0 aliphatic heterocycles. The minimum absolute atomic E-state index is 0.0507. The summed E-state index contributed by atoms with van der Waals surface area (Å²) in [6.07, 6.45) is 8.63. The summed E-state index contributed by atoms with van der Waals surface area (Å²) < 4.78 is 6.01. The third kappa shape index (κ3) is 2.62. The Morgan fingerprint density at radius 2 is 2.00 bits per heavy atom. The Hall–Kier alpha value is -0.930. The fraction of sp³-hybridized carbons (Fsp3) is 0.722. The summed E-state index contributed by atoms with van der Waals surface area (Å²) in [5.41, 5.74) is 9.58. The molecule has 0 radical (unpaired) electrons. The van der Waals surface area contributed by atoms with Gasteiger partial charge in [0.15, 0.2) is 0 Å². The van der Waals surface area contributed by atoms with E-state index in [0.29, 0.717) is 11.3 Å². The maximum atomic E-state index is 6.74. The van der Waals surface area contributed by atoms with E-state index in [4.69, 9.17) is 10.5 Å². The Labute approximate surface area is 128 Å². The molecule has 0 aromatic carbocycles. The van der Waals surface area contributed by atoms with Gasteiger partial charge in [-0.15, -0.1) is 0 Å². The molecule has 2 N–H and O–H groups in total. The van der Waals surface area contributed by atoms with Crippen molar-refractivity contribution in [2.24, 2.45) is 11.1 Å². The molecule has 3 heteroatoms. The normalized spacial score (nSPS) is 28.1. The Morgan fingerprint density at radius 3 is 2.67 bits per heavy atom. The lowest BCUT2D eigenvalue weighted by molar-refractivity contribution is -0.0835. The fourth-order valence-corrected chi connectivity index (χ4v) is 4.18. The van der Waals surface area contributed by atoms with Crippen LogP contribution in [0.5, 0.6) is 0 Å². The van der Waals surface area contributed by atoms with Crippen LogP contribution < -0.4 is 5.73 Å². The third-order valence-corrected chi connectivity index (χ3v) is 5.90. The first-order valence-electron chi connectivity index (χ1n) is 8.22. The van der Waals surface area contributed by atoms with E-state index in [1.54, 1.807) is 0 Å². The van der Waals surface area contributed by atoms with Crippen molar-refractivity contribution < 1.29 is 4.74 Å². The number of methoxy groups -OCH3 is 1. The van der Waals surface area contributed by atoms with Crippen LogP contribution in [-0.4, -0.2) is 23.7 Å². The van der Waals surface area contributed by atoms with E-state index in [0.717, 1.165) is 25.7 Å². The zero-order valence-corrected chi connectivity index (χ0v) is 13.6. The van der Waals surface area contributed by atoms with Gasteiger partial charge in [-0.25, -0.2) is 0 Å². The van der Waals surface area contributed by atoms with Crippen molar-refractivity contribution in [3.05, 3.63) is 29.6 Å². The number of nitrogens with zero attached hydrogens (tertiary/aromatic N) is 1. The van der Waals surface area contributed by atoms with Gasteiger partial charge < -0.3 is 10.5 Å². The van der Waals surface area contributed by atoms with Crippen molar-refractivity contribution in [3.8, 4) is 0 Å². The first-order chi connectivity index (χ1) is 9.97. The minimum Gasteiger partial charge on any atom is -0.377 e. The topological polar surface area (TPSA) is 48.1 Å². The molecular formula is C18H28N2O. The Morgan fingerprint density at radius 1 is 1.29 bits per heavy atom. The number of rotatable bonds is 3. The van der Waals surface area contributed by atoms with Crippen molar-refractivity contribution in [2.75, 3.05) is 7.11 Å². The lowest BCUT2D eigenvalue weighted by atomic mass is 9.66. The van der Waals surface area contributed by atoms with E-state index in [2.05, 4.69) is 24.9 Å². The second-order valence-electron chi connectivity index (χ2n) is 7.65. The molecule has 0 amide bonds. The maximum absolute atomic E-state index is 6.74. The van der Waals surface area contributed by atoms with Crippen LogP contribution in [0.15, 0.2) is 18.3 Å². The SMILES string of the molecule is COC1(C(N)C2CCc3cccnc32)CCC(C)(C)CC1. The summed E-state index contributed by atoms with van der Waals surface area (Å²) in [7, 11) is 1.84. The smallest absolute Gasteiger partial charge is 0.0835 e. The molecule has 3 nitrogen and oxygen atoms in total. The molecule has 2 aliphatic rings. The zero-order valence-electron chi connectivity index (χ0n) is 13.6. The zero-order chi connectivity index (χ0) is 15.1. The molecular weight excluding hydrogens is 260 g/mol. The van der Waals surface area contributed by atoms with Crippen molar-refractivity contribution in [3.63, 3.8) is 0 Å². The largest absolute Gasteiger partial charge is 0.377 e. The van der Waals surface area contributed by atoms with Gasteiger partial charge in [0.2, 0.25) is 0 Å². The second kappa shape index (κ2) is 5.36. The third-order valence-electron chi connectivity index (χ3n) is 5.90. The summed E-state index contributed by atoms with van der Waals surface area (Å²) in [5, 5.41) is 0.